The molecule has 0 radical (unpaired) electrons. The lowest BCUT2D eigenvalue weighted by molar-refractivity contribution is 0.102. The number of hydrogen-bond donors (Lipinski definition) is 2. The number of hydrogen-bond acceptors (Lipinski definition) is 8. The van der Waals surface area contributed by atoms with Crippen LogP contribution in [0.25, 0.3) is 11.5 Å². The molecule has 3 rings (SSSR count). The summed E-state index contributed by atoms with van der Waals surface area (Å²) in [5.41, 5.74) is 1.75. The number of amides is 1. The first-order valence-corrected chi connectivity index (χ1v) is 11.0. The van der Waals surface area contributed by atoms with Crippen LogP contribution in [0.3, 0.4) is 0 Å². The van der Waals surface area contributed by atoms with Gasteiger partial charge in [0.05, 0.1) is 19.8 Å². The Hall–Kier alpha value is -3.59. The van der Waals surface area contributed by atoms with E-state index in [1.807, 2.05) is 0 Å². The molecule has 0 unspecified atom stereocenters. The molecule has 0 saturated carbocycles. The van der Waals surface area contributed by atoms with Crippen molar-refractivity contribution in [2.24, 2.45) is 0 Å². The molecule has 0 spiro atoms. The van der Waals surface area contributed by atoms with Crippen molar-refractivity contribution in [2.45, 2.75) is 20.3 Å². The van der Waals surface area contributed by atoms with Gasteiger partial charge in [-0.25, -0.2) is 0 Å². The lowest BCUT2D eigenvalue weighted by Crippen LogP contribution is -2.25. The summed E-state index contributed by atoms with van der Waals surface area (Å²) >= 11 is 0. The number of nitrogens with zero attached hydrogens (tertiary/aromatic N) is 3. The lowest BCUT2D eigenvalue weighted by atomic mass is 10.1. The van der Waals surface area contributed by atoms with Crippen LogP contribution in [-0.4, -0.2) is 61.4 Å². The fraction of sp³-hybridized carbons (Fsp3) is 0.375. The summed E-state index contributed by atoms with van der Waals surface area (Å²) in [7, 11) is 3.13. The van der Waals surface area contributed by atoms with E-state index in [2.05, 4.69) is 39.6 Å². The number of ether oxygens (including phenoxy) is 2. The topological polar surface area (TPSA) is 102 Å². The molecule has 0 aliphatic heterocycles. The van der Waals surface area contributed by atoms with Gasteiger partial charge in [-0.3, -0.25) is 4.79 Å². The van der Waals surface area contributed by atoms with Crippen LogP contribution in [0, 0.1) is 0 Å². The second-order valence-electron chi connectivity index (χ2n) is 7.32. The van der Waals surface area contributed by atoms with E-state index in [0.717, 1.165) is 32.6 Å². The van der Waals surface area contributed by atoms with E-state index in [1.54, 1.807) is 56.7 Å². The fourth-order valence-electron chi connectivity index (χ4n) is 3.33. The molecule has 9 nitrogen and oxygen atoms in total. The van der Waals surface area contributed by atoms with E-state index >= 15 is 0 Å². The molecule has 33 heavy (non-hydrogen) atoms. The number of methoxy groups -OCH3 is 2. The standard InChI is InChI=1S/C24H31N5O4/c1-5-29(6-2)15-7-14-25-24-28-27-23(33-24)20-13-10-18(16-21(20)32-4)26-22(30)17-8-11-19(31-3)12-9-17/h8-13,16H,5-7,14-15H2,1-4H3,(H,25,28)(H,26,30). The average molecular weight is 454 g/mol. The number of benzene rings is 2. The fourth-order valence-corrected chi connectivity index (χ4v) is 3.33. The van der Waals surface area contributed by atoms with Crippen LogP contribution in [0.15, 0.2) is 46.9 Å². The average Bonchev–Trinajstić information content (AvgIpc) is 3.32. The predicted molar refractivity (Wildman–Crippen MR) is 128 cm³/mol. The zero-order chi connectivity index (χ0) is 23.6. The van der Waals surface area contributed by atoms with E-state index in [4.69, 9.17) is 13.9 Å². The molecular weight excluding hydrogens is 422 g/mol. The van der Waals surface area contributed by atoms with Crippen molar-refractivity contribution < 1.29 is 18.7 Å². The summed E-state index contributed by atoms with van der Waals surface area (Å²) in [6.45, 7) is 8.15. The number of aromatic nitrogens is 2. The highest BCUT2D eigenvalue weighted by molar-refractivity contribution is 6.04. The minimum Gasteiger partial charge on any atom is -0.497 e. The Bertz CT molecular complexity index is 1030. The van der Waals surface area contributed by atoms with Crippen LogP contribution in [-0.2, 0) is 0 Å². The number of rotatable bonds is 12. The number of carbonyl (C=O) groups excluding carboxylic acids is 1. The number of nitrogens with one attached hydrogen (secondary N) is 2. The zero-order valence-electron chi connectivity index (χ0n) is 19.6. The quantitative estimate of drug-likeness (QED) is 0.395. The van der Waals surface area contributed by atoms with Gasteiger partial charge in [-0.1, -0.05) is 18.9 Å². The Labute approximate surface area is 194 Å². The second-order valence-corrected chi connectivity index (χ2v) is 7.32. The van der Waals surface area contributed by atoms with E-state index in [9.17, 15) is 4.79 Å². The summed E-state index contributed by atoms with van der Waals surface area (Å²) in [5, 5.41) is 14.2. The van der Waals surface area contributed by atoms with Gasteiger partial charge in [-0.05, 0) is 62.5 Å². The van der Waals surface area contributed by atoms with Crippen LogP contribution < -0.4 is 20.1 Å². The molecule has 0 saturated heterocycles. The van der Waals surface area contributed by atoms with Crippen LogP contribution >= 0.6 is 0 Å². The van der Waals surface area contributed by atoms with E-state index < -0.39 is 0 Å². The largest absolute Gasteiger partial charge is 0.497 e. The van der Waals surface area contributed by atoms with Crippen LogP contribution in [0.5, 0.6) is 11.5 Å². The van der Waals surface area contributed by atoms with Crippen LogP contribution in [0.1, 0.15) is 30.6 Å². The SMILES string of the molecule is CCN(CC)CCCNc1nnc(-c2ccc(NC(=O)c3ccc(OC)cc3)cc2OC)o1. The number of carbonyl (C=O) groups is 1. The van der Waals surface area contributed by atoms with Crippen molar-refractivity contribution in [3.05, 3.63) is 48.0 Å². The minimum atomic E-state index is -0.235. The highest BCUT2D eigenvalue weighted by Gasteiger charge is 2.15. The molecule has 3 aromatic rings. The molecule has 0 aliphatic carbocycles. The van der Waals surface area contributed by atoms with Crippen LogP contribution in [0.2, 0.25) is 0 Å². The van der Waals surface area contributed by atoms with Gasteiger partial charge in [0.2, 0.25) is 0 Å². The van der Waals surface area contributed by atoms with Gasteiger partial charge in [0.25, 0.3) is 11.8 Å². The molecule has 0 atom stereocenters. The van der Waals surface area contributed by atoms with Gasteiger partial charge >= 0.3 is 6.01 Å². The summed E-state index contributed by atoms with van der Waals surface area (Å²) in [6, 6.07) is 12.5. The molecule has 1 aromatic heterocycles. The third-order valence-corrected chi connectivity index (χ3v) is 5.29. The maximum Gasteiger partial charge on any atom is 0.315 e. The molecule has 9 heteroatoms. The molecule has 1 heterocycles. The first kappa shape index (κ1) is 24.1. The Balaban J connectivity index is 1.63. The normalized spacial score (nSPS) is 10.8. The third-order valence-electron chi connectivity index (χ3n) is 5.29. The highest BCUT2D eigenvalue weighted by atomic mass is 16.5. The predicted octanol–water partition coefficient (Wildman–Crippen LogP) is 4.15. The summed E-state index contributed by atoms with van der Waals surface area (Å²) < 4.78 is 16.4. The molecule has 0 bridgehead atoms. The smallest absolute Gasteiger partial charge is 0.315 e. The van der Waals surface area contributed by atoms with Gasteiger partial charge in [-0.15, -0.1) is 5.10 Å². The van der Waals surface area contributed by atoms with Gasteiger partial charge < -0.3 is 29.4 Å². The van der Waals surface area contributed by atoms with Crippen molar-refractivity contribution in [3.8, 4) is 23.0 Å². The van der Waals surface area contributed by atoms with Gasteiger partial charge in [-0.2, -0.15) is 0 Å². The molecule has 0 aliphatic rings. The first-order chi connectivity index (χ1) is 16.1. The second kappa shape index (κ2) is 11.9. The van der Waals surface area contributed by atoms with E-state index in [1.165, 1.54) is 0 Å². The van der Waals surface area contributed by atoms with Crippen molar-refractivity contribution in [2.75, 3.05) is 51.0 Å². The Morgan fingerprint density at radius 1 is 1.03 bits per heavy atom. The third kappa shape index (κ3) is 6.45. The maximum atomic E-state index is 12.5. The number of anilines is 2. The van der Waals surface area contributed by atoms with Crippen molar-refractivity contribution in [1.82, 2.24) is 15.1 Å². The molecule has 0 fully saturated rings. The molecular formula is C24H31N5O4. The summed E-state index contributed by atoms with van der Waals surface area (Å²) in [6.07, 6.45) is 0.977. The van der Waals surface area contributed by atoms with Crippen molar-refractivity contribution in [1.29, 1.82) is 0 Å². The van der Waals surface area contributed by atoms with Crippen LogP contribution in [0.4, 0.5) is 11.7 Å². The van der Waals surface area contributed by atoms with Crippen molar-refractivity contribution in [3.63, 3.8) is 0 Å². The monoisotopic (exact) mass is 453 g/mol. The summed E-state index contributed by atoms with van der Waals surface area (Å²) in [4.78, 5) is 14.9. The Morgan fingerprint density at radius 2 is 1.79 bits per heavy atom. The highest BCUT2D eigenvalue weighted by Crippen LogP contribution is 2.32. The Kier molecular flexibility index (Phi) is 8.65. The zero-order valence-corrected chi connectivity index (χ0v) is 19.6. The van der Waals surface area contributed by atoms with E-state index in [0.29, 0.717) is 40.2 Å². The maximum absolute atomic E-state index is 12.5. The molecule has 1 amide bonds. The van der Waals surface area contributed by atoms with Gasteiger partial charge in [0, 0.05) is 23.9 Å². The first-order valence-electron chi connectivity index (χ1n) is 11.0. The minimum absolute atomic E-state index is 0.235. The Morgan fingerprint density at radius 3 is 2.45 bits per heavy atom. The lowest BCUT2D eigenvalue weighted by Gasteiger charge is -2.17. The van der Waals surface area contributed by atoms with Gasteiger partial charge in [0.15, 0.2) is 0 Å². The summed E-state index contributed by atoms with van der Waals surface area (Å²) in [5.74, 6) is 1.31. The van der Waals surface area contributed by atoms with Crippen molar-refractivity contribution >= 4 is 17.6 Å². The molecule has 2 N–H and O–H groups in total. The molecule has 2 aromatic carbocycles. The van der Waals surface area contributed by atoms with E-state index in [-0.39, 0.29) is 5.91 Å². The molecule has 176 valence electrons. The van der Waals surface area contributed by atoms with Gasteiger partial charge in [0.1, 0.15) is 11.5 Å².